The van der Waals surface area contributed by atoms with Crippen LogP contribution in [0, 0.1) is 12.7 Å². The van der Waals surface area contributed by atoms with Gasteiger partial charge in [0.15, 0.2) is 0 Å². The van der Waals surface area contributed by atoms with E-state index in [9.17, 15) is 17.6 Å². The largest absolute Gasteiger partial charge is 0.352 e. The number of halogens is 1. The van der Waals surface area contributed by atoms with Crippen molar-refractivity contribution in [3.8, 4) is 0 Å². The highest BCUT2D eigenvalue weighted by molar-refractivity contribution is 7.89. The standard InChI is InChI=1S/C15H21N3O2S.C9H10FNO.2H2/c1-11-10-18(2)15-14(11)8-13(9-16-15)21(19,20)17-12-6-4-3-5-7-12;1-7(11-6-12)8-2-4-9(10)5-3-8;;/h8-10,12,17H,3-7H2,1-2H3;2-7H,1H3,(H,11,12);2*1H/t;7-;;/m.1../s1. The summed E-state index contributed by atoms with van der Waals surface area (Å²) in [5, 5.41) is 3.47. The van der Waals surface area contributed by atoms with Gasteiger partial charge in [-0.1, -0.05) is 31.4 Å². The number of rotatable bonds is 6. The van der Waals surface area contributed by atoms with E-state index < -0.39 is 10.0 Å². The Bertz CT molecular complexity index is 1200. The van der Waals surface area contributed by atoms with Crippen molar-refractivity contribution in [2.45, 2.75) is 62.9 Å². The van der Waals surface area contributed by atoms with E-state index >= 15 is 0 Å². The van der Waals surface area contributed by atoms with Crippen LogP contribution >= 0.6 is 0 Å². The number of benzene rings is 1. The maximum absolute atomic E-state index is 12.5. The molecule has 1 aliphatic rings. The van der Waals surface area contributed by atoms with Crippen molar-refractivity contribution in [1.82, 2.24) is 19.6 Å². The summed E-state index contributed by atoms with van der Waals surface area (Å²) in [6.07, 6.45) is 9.31. The first kappa shape index (κ1) is 24.9. The molecule has 1 aromatic carbocycles. The summed E-state index contributed by atoms with van der Waals surface area (Å²) >= 11 is 0. The Hall–Kier alpha value is -2.78. The SMILES string of the molecule is C[C@@H](NC=O)c1ccc(F)cc1.Cc1cn(C)c2ncc(S(=O)(=O)NC3CCCCC3)cc12.[HH].[HH]. The molecule has 1 amide bonds. The predicted octanol–water partition coefficient (Wildman–Crippen LogP) is 4.62. The lowest BCUT2D eigenvalue weighted by atomic mass is 9.96. The van der Waals surface area contributed by atoms with Gasteiger partial charge < -0.3 is 9.88 Å². The molecular formula is C24H35FN4O3S. The van der Waals surface area contributed by atoms with Gasteiger partial charge in [0.1, 0.15) is 16.4 Å². The topological polar surface area (TPSA) is 93.1 Å². The first-order valence-corrected chi connectivity index (χ1v) is 12.6. The lowest BCUT2D eigenvalue weighted by Crippen LogP contribution is -2.36. The van der Waals surface area contributed by atoms with Crippen LogP contribution in [-0.4, -0.2) is 30.4 Å². The highest BCUT2D eigenvalue weighted by atomic mass is 32.2. The number of amides is 1. The van der Waals surface area contributed by atoms with Gasteiger partial charge in [-0.25, -0.2) is 22.5 Å². The number of nitrogens with zero attached hydrogens (tertiary/aromatic N) is 2. The molecule has 1 fully saturated rings. The zero-order valence-corrected chi connectivity index (χ0v) is 20.0. The summed E-state index contributed by atoms with van der Waals surface area (Å²) in [6, 6.07) is 7.77. The van der Waals surface area contributed by atoms with Crippen LogP contribution in [0.4, 0.5) is 4.39 Å². The minimum Gasteiger partial charge on any atom is -0.352 e. The van der Waals surface area contributed by atoms with Gasteiger partial charge in [0.25, 0.3) is 0 Å². The summed E-state index contributed by atoms with van der Waals surface area (Å²) < 4.78 is 42.2. The summed E-state index contributed by atoms with van der Waals surface area (Å²) in [5.41, 5.74) is 2.74. The summed E-state index contributed by atoms with van der Waals surface area (Å²) in [5.74, 6) is -0.267. The van der Waals surface area contributed by atoms with Crippen molar-refractivity contribution < 1.29 is 20.5 Å². The number of carbonyl (C=O) groups is 1. The van der Waals surface area contributed by atoms with E-state index in [2.05, 4.69) is 15.0 Å². The number of fused-ring (bicyclic) bond motifs is 1. The molecule has 7 nitrogen and oxygen atoms in total. The molecular weight excluding hydrogens is 443 g/mol. The molecule has 0 saturated heterocycles. The van der Waals surface area contributed by atoms with Crippen molar-refractivity contribution in [2.24, 2.45) is 7.05 Å². The van der Waals surface area contributed by atoms with Gasteiger partial charge in [0.2, 0.25) is 16.4 Å². The van der Waals surface area contributed by atoms with Gasteiger partial charge in [-0.05, 0) is 56.0 Å². The molecule has 0 radical (unpaired) electrons. The third-order valence-corrected chi connectivity index (χ3v) is 7.40. The molecule has 33 heavy (non-hydrogen) atoms. The number of hydrogen-bond acceptors (Lipinski definition) is 4. The average molecular weight is 479 g/mol. The van der Waals surface area contributed by atoms with E-state index in [1.54, 1.807) is 18.2 Å². The van der Waals surface area contributed by atoms with Crippen LogP contribution in [0.1, 0.15) is 59.0 Å². The number of aromatic nitrogens is 2. The molecule has 3 aromatic rings. The highest BCUT2D eigenvalue weighted by Crippen LogP contribution is 2.23. The van der Waals surface area contributed by atoms with Gasteiger partial charge in [0, 0.05) is 33.7 Å². The predicted molar refractivity (Wildman–Crippen MR) is 131 cm³/mol. The van der Waals surface area contributed by atoms with Crippen LogP contribution in [0.15, 0.2) is 47.6 Å². The van der Waals surface area contributed by atoms with Crippen LogP contribution in [0.5, 0.6) is 0 Å². The molecule has 1 saturated carbocycles. The molecule has 4 rings (SSSR count). The van der Waals surface area contributed by atoms with Crippen molar-refractivity contribution in [1.29, 1.82) is 0 Å². The second-order valence-electron chi connectivity index (χ2n) is 8.48. The average Bonchev–Trinajstić information content (AvgIpc) is 3.08. The fourth-order valence-corrected chi connectivity index (χ4v) is 5.31. The van der Waals surface area contributed by atoms with Gasteiger partial charge >= 0.3 is 0 Å². The minimum absolute atomic E-state index is 0. The zero-order valence-electron chi connectivity index (χ0n) is 19.2. The first-order chi connectivity index (χ1) is 15.7. The minimum atomic E-state index is -3.48. The van der Waals surface area contributed by atoms with Crippen LogP contribution < -0.4 is 10.0 Å². The lowest BCUT2D eigenvalue weighted by molar-refractivity contribution is -0.110. The Morgan fingerprint density at radius 3 is 2.52 bits per heavy atom. The fraction of sp³-hybridized carbons (Fsp3) is 0.417. The lowest BCUT2D eigenvalue weighted by Gasteiger charge is -2.22. The molecule has 0 unspecified atom stereocenters. The smallest absolute Gasteiger partial charge is 0.242 e. The Morgan fingerprint density at radius 1 is 1.21 bits per heavy atom. The van der Waals surface area contributed by atoms with Gasteiger partial charge in [-0.3, -0.25) is 4.79 Å². The van der Waals surface area contributed by atoms with Crippen molar-refractivity contribution in [3.63, 3.8) is 0 Å². The van der Waals surface area contributed by atoms with E-state index in [0.717, 1.165) is 47.8 Å². The zero-order chi connectivity index (χ0) is 24.0. The Labute approximate surface area is 197 Å². The molecule has 2 aromatic heterocycles. The van der Waals surface area contributed by atoms with Crippen LogP contribution in [0.25, 0.3) is 11.0 Å². The van der Waals surface area contributed by atoms with Crippen LogP contribution in [-0.2, 0) is 21.9 Å². The van der Waals surface area contributed by atoms with Gasteiger partial charge in [-0.15, -0.1) is 0 Å². The van der Waals surface area contributed by atoms with Gasteiger partial charge in [-0.2, -0.15) is 0 Å². The number of carbonyl (C=O) groups excluding carboxylic acids is 1. The summed E-state index contributed by atoms with van der Waals surface area (Å²) in [4.78, 5) is 14.6. The van der Waals surface area contributed by atoms with E-state index in [1.165, 1.54) is 24.8 Å². The van der Waals surface area contributed by atoms with Crippen molar-refractivity contribution in [2.75, 3.05) is 0 Å². The molecule has 1 aliphatic carbocycles. The third kappa shape index (κ3) is 6.39. The van der Waals surface area contributed by atoms with Crippen molar-refractivity contribution >= 4 is 27.5 Å². The monoisotopic (exact) mass is 478 g/mol. The normalized spacial score (nSPS) is 15.5. The Kier molecular flexibility index (Phi) is 8.20. The van der Waals surface area contributed by atoms with E-state index in [0.29, 0.717) is 6.41 Å². The molecule has 9 heteroatoms. The Balaban J connectivity index is 0.000000379. The number of nitrogens with one attached hydrogen (secondary N) is 2. The van der Waals surface area contributed by atoms with E-state index in [4.69, 9.17) is 0 Å². The molecule has 0 aliphatic heterocycles. The van der Waals surface area contributed by atoms with E-state index in [1.807, 2.05) is 31.7 Å². The summed E-state index contributed by atoms with van der Waals surface area (Å²) in [7, 11) is -1.57. The van der Waals surface area contributed by atoms with E-state index in [-0.39, 0.29) is 25.6 Å². The molecule has 1 atom stereocenters. The molecule has 0 bridgehead atoms. The second kappa shape index (κ2) is 10.9. The molecule has 2 N–H and O–H groups in total. The maximum Gasteiger partial charge on any atom is 0.242 e. The number of hydrogen-bond donors (Lipinski definition) is 2. The Morgan fingerprint density at radius 2 is 1.88 bits per heavy atom. The number of pyridine rings is 1. The van der Waals surface area contributed by atoms with Gasteiger partial charge in [0.05, 0.1) is 6.04 Å². The maximum atomic E-state index is 12.5. The third-order valence-electron chi connectivity index (χ3n) is 5.91. The first-order valence-electron chi connectivity index (χ1n) is 11.1. The quantitative estimate of drug-likeness (QED) is 0.506. The second-order valence-corrected chi connectivity index (χ2v) is 10.2. The molecule has 182 valence electrons. The van der Waals surface area contributed by atoms with Crippen LogP contribution in [0.2, 0.25) is 0 Å². The summed E-state index contributed by atoms with van der Waals surface area (Å²) in [6.45, 7) is 3.80. The van der Waals surface area contributed by atoms with Crippen molar-refractivity contribution in [3.05, 3.63) is 59.7 Å². The van der Waals surface area contributed by atoms with Crippen LogP contribution in [0.3, 0.4) is 0 Å². The molecule has 0 spiro atoms. The number of aryl methyl sites for hydroxylation is 2. The number of sulfonamides is 1. The fourth-order valence-electron chi connectivity index (χ4n) is 4.04. The highest BCUT2D eigenvalue weighted by Gasteiger charge is 2.23. The molecule has 2 heterocycles.